The molecule has 1 aromatic rings. The number of pyridine rings is 1. The van der Waals surface area contributed by atoms with Gasteiger partial charge in [-0.1, -0.05) is 6.07 Å². The highest BCUT2D eigenvalue weighted by Gasteiger charge is 2.07. The lowest BCUT2D eigenvalue weighted by Gasteiger charge is -2.06. The van der Waals surface area contributed by atoms with Gasteiger partial charge in [0.25, 0.3) is 0 Å². The van der Waals surface area contributed by atoms with Crippen molar-refractivity contribution in [3.63, 3.8) is 0 Å². The minimum absolute atomic E-state index is 0.692. The van der Waals surface area contributed by atoms with Gasteiger partial charge < -0.3 is 10.6 Å². The van der Waals surface area contributed by atoms with Gasteiger partial charge in [0.1, 0.15) is 0 Å². The third-order valence-corrected chi connectivity index (χ3v) is 3.50. The molecule has 0 unspecified atom stereocenters. The molecular weight excluding hydrogens is 306 g/mol. The average molecular weight is 327 g/mol. The van der Waals surface area contributed by atoms with E-state index in [-0.39, 0.29) is 0 Å². The van der Waals surface area contributed by atoms with Crippen LogP contribution in [0.15, 0.2) is 38.4 Å². The molecule has 0 saturated carbocycles. The summed E-state index contributed by atoms with van der Waals surface area (Å²) < 4.78 is 0. The Balaban J connectivity index is 1.68. The summed E-state index contributed by atoms with van der Waals surface area (Å²) in [6, 6.07) is 5.76. The zero-order valence-electron chi connectivity index (χ0n) is 13.8. The zero-order valence-corrected chi connectivity index (χ0v) is 13.8. The van der Waals surface area contributed by atoms with E-state index in [4.69, 9.17) is 0 Å². The van der Waals surface area contributed by atoms with Crippen molar-refractivity contribution < 1.29 is 0 Å². The summed E-state index contributed by atoms with van der Waals surface area (Å²) in [5, 5.41) is 14.8. The van der Waals surface area contributed by atoms with Crippen molar-refractivity contribution in [1.29, 1.82) is 0 Å². The molecule has 0 amide bonds. The van der Waals surface area contributed by atoms with Gasteiger partial charge in [-0.2, -0.15) is 10.2 Å². The van der Waals surface area contributed by atoms with Gasteiger partial charge in [-0.05, 0) is 26.0 Å². The zero-order chi connectivity index (χ0) is 16.8. The van der Waals surface area contributed by atoms with E-state index in [0.29, 0.717) is 11.9 Å². The first kappa shape index (κ1) is 15.9. The standard InChI is InChI=1S/C15H21N9/c1-10(21-23-14-16-6-7-17-14)12-4-3-5-13(20-12)11(2)22-24-15-18-8-9-19-15/h3-5H,6-9H2,1-2H3,(H2,16,17,23)(H2,18,19,24)/b21-10-,22-11-. The van der Waals surface area contributed by atoms with Gasteiger partial charge in [-0.25, -0.2) is 25.8 Å². The minimum Gasteiger partial charge on any atom is -0.353 e. The van der Waals surface area contributed by atoms with Crippen molar-refractivity contribution in [1.82, 2.24) is 26.5 Å². The third-order valence-electron chi connectivity index (χ3n) is 3.50. The van der Waals surface area contributed by atoms with E-state index in [1.165, 1.54) is 0 Å². The number of guanidine groups is 2. The molecule has 0 aromatic carbocycles. The second-order valence-corrected chi connectivity index (χ2v) is 5.34. The van der Waals surface area contributed by atoms with E-state index in [1.807, 2.05) is 32.0 Å². The number of aliphatic imine (C=N–C) groups is 2. The number of hydrogen-bond acceptors (Lipinski definition) is 9. The lowest BCUT2D eigenvalue weighted by Crippen LogP contribution is -2.31. The summed E-state index contributed by atoms with van der Waals surface area (Å²) in [7, 11) is 0. The SMILES string of the molecule is C/C(=N/NC1=NCCN1)c1cccc(/C(C)=N\NC2=NCCN2)n1. The topological polar surface area (TPSA) is 110 Å². The van der Waals surface area contributed by atoms with Crippen LogP contribution in [0.2, 0.25) is 0 Å². The van der Waals surface area contributed by atoms with Crippen LogP contribution in [0.5, 0.6) is 0 Å². The highest BCUT2D eigenvalue weighted by atomic mass is 15.4. The maximum Gasteiger partial charge on any atom is 0.212 e. The Kier molecular flexibility index (Phi) is 4.99. The van der Waals surface area contributed by atoms with E-state index < -0.39 is 0 Å². The molecule has 0 spiro atoms. The van der Waals surface area contributed by atoms with Gasteiger partial charge in [-0.3, -0.25) is 0 Å². The smallest absolute Gasteiger partial charge is 0.212 e. The first-order chi connectivity index (χ1) is 11.7. The molecule has 0 fully saturated rings. The van der Waals surface area contributed by atoms with E-state index in [1.54, 1.807) is 0 Å². The van der Waals surface area contributed by atoms with Crippen molar-refractivity contribution in [2.24, 2.45) is 20.2 Å². The Morgan fingerprint density at radius 1 is 0.917 bits per heavy atom. The lowest BCUT2D eigenvalue weighted by molar-refractivity contribution is 0.914. The van der Waals surface area contributed by atoms with Crippen LogP contribution >= 0.6 is 0 Å². The average Bonchev–Trinajstić information content (AvgIpc) is 3.31. The predicted molar refractivity (Wildman–Crippen MR) is 95.5 cm³/mol. The van der Waals surface area contributed by atoms with E-state index in [2.05, 4.69) is 46.7 Å². The Morgan fingerprint density at radius 2 is 1.42 bits per heavy atom. The minimum atomic E-state index is 0.692. The number of aromatic nitrogens is 1. The number of hydrazone groups is 2. The third kappa shape index (κ3) is 4.06. The maximum absolute atomic E-state index is 4.60. The Morgan fingerprint density at radius 3 is 1.83 bits per heavy atom. The van der Waals surface area contributed by atoms with Crippen LogP contribution in [0.1, 0.15) is 25.2 Å². The fourth-order valence-electron chi connectivity index (χ4n) is 2.17. The highest BCUT2D eigenvalue weighted by molar-refractivity contribution is 6.01. The molecule has 24 heavy (non-hydrogen) atoms. The summed E-state index contributed by atoms with van der Waals surface area (Å²) in [5.74, 6) is 1.38. The molecular formula is C15H21N9. The summed E-state index contributed by atoms with van der Waals surface area (Å²) in [6.45, 7) is 7.02. The summed E-state index contributed by atoms with van der Waals surface area (Å²) in [6.07, 6.45) is 0. The van der Waals surface area contributed by atoms with E-state index in [9.17, 15) is 0 Å². The second kappa shape index (κ2) is 7.53. The Bertz CT molecular complexity index is 660. The quantitative estimate of drug-likeness (QED) is 0.445. The number of nitrogens with one attached hydrogen (secondary N) is 4. The largest absolute Gasteiger partial charge is 0.353 e. The molecule has 0 atom stereocenters. The molecule has 0 radical (unpaired) electrons. The van der Waals surface area contributed by atoms with Gasteiger partial charge in [0.05, 0.1) is 35.9 Å². The molecule has 2 aliphatic heterocycles. The lowest BCUT2D eigenvalue weighted by atomic mass is 10.2. The van der Waals surface area contributed by atoms with Gasteiger partial charge in [0.15, 0.2) is 0 Å². The number of nitrogens with zero attached hydrogens (tertiary/aromatic N) is 5. The van der Waals surface area contributed by atoms with E-state index in [0.717, 1.165) is 49.0 Å². The summed E-state index contributed by atoms with van der Waals surface area (Å²) >= 11 is 0. The normalized spacial score (nSPS) is 17.8. The van der Waals surface area contributed by atoms with Crippen molar-refractivity contribution in [2.45, 2.75) is 13.8 Å². The molecule has 2 aliphatic rings. The van der Waals surface area contributed by atoms with Crippen LogP contribution < -0.4 is 21.5 Å². The van der Waals surface area contributed by atoms with Crippen LogP contribution in [0.4, 0.5) is 0 Å². The molecule has 0 bridgehead atoms. The fourth-order valence-corrected chi connectivity index (χ4v) is 2.17. The van der Waals surface area contributed by atoms with Gasteiger partial charge in [0.2, 0.25) is 11.9 Å². The summed E-state index contributed by atoms with van der Waals surface area (Å²) in [5.41, 5.74) is 8.93. The predicted octanol–water partition coefficient (Wildman–Crippen LogP) is -0.373. The Labute approximate surface area is 140 Å². The molecule has 4 N–H and O–H groups in total. The van der Waals surface area contributed by atoms with Crippen molar-refractivity contribution in [3.8, 4) is 0 Å². The van der Waals surface area contributed by atoms with Crippen molar-refractivity contribution in [3.05, 3.63) is 29.6 Å². The molecule has 9 heteroatoms. The fraction of sp³-hybridized carbons (Fsp3) is 0.400. The molecule has 126 valence electrons. The molecule has 0 aliphatic carbocycles. The van der Waals surface area contributed by atoms with Crippen LogP contribution in [0.25, 0.3) is 0 Å². The van der Waals surface area contributed by atoms with Gasteiger partial charge in [0, 0.05) is 13.1 Å². The molecule has 0 saturated heterocycles. The van der Waals surface area contributed by atoms with E-state index >= 15 is 0 Å². The molecule has 3 rings (SSSR count). The maximum atomic E-state index is 4.60. The number of rotatable bonds is 4. The van der Waals surface area contributed by atoms with Crippen LogP contribution in [0.3, 0.4) is 0 Å². The first-order valence-corrected chi connectivity index (χ1v) is 7.87. The molecule has 9 nitrogen and oxygen atoms in total. The van der Waals surface area contributed by atoms with Crippen LogP contribution in [0, 0.1) is 0 Å². The van der Waals surface area contributed by atoms with Gasteiger partial charge >= 0.3 is 0 Å². The van der Waals surface area contributed by atoms with Crippen molar-refractivity contribution >= 4 is 23.3 Å². The van der Waals surface area contributed by atoms with Crippen molar-refractivity contribution in [2.75, 3.05) is 26.2 Å². The summed E-state index contributed by atoms with van der Waals surface area (Å²) in [4.78, 5) is 13.1. The Hall–Kier alpha value is -2.97. The first-order valence-electron chi connectivity index (χ1n) is 7.87. The van der Waals surface area contributed by atoms with Crippen LogP contribution in [-0.4, -0.2) is 54.5 Å². The monoisotopic (exact) mass is 327 g/mol. The second-order valence-electron chi connectivity index (χ2n) is 5.34. The number of hydrogen-bond donors (Lipinski definition) is 4. The highest BCUT2D eigenvalue weighted by Crippen LogP contribution is 2.03. The molecule has 3 heterocycles. The van der Waals surface area contributed by atoms with Gasteiger partial charge in [-0.15, -0.1) is 0 Å². The van der Waals surface area contributed by atoms with Crippen LogP contribution in [-0.2, 0) is 0 Å². The molecule has 1 aromatic heterocycles.